The molecule has 30 heavy (non-hydrogen) atoms. The summed E-state index contributed by atoms with van der Waals surface area (Å²) in [5.74, 6) is -0.0875. The lowest BCUT2D eigenvalue weighted by Gasteiger charge is -2.39. The van der Waals surface area contributed by atoms with E-state index in [0.29, 0.717) is 42.6 Å². The van der Waals surface area contributed by atoms with Crippen LogP contribution in [0, 0.1) is 5.82 Å². The van der Waals surface area contributed by atoms with Gasteiger partial charge in [-0.05, 0) is 42.8 Å². The number of amides is 3. The molecule has 9 heteroatoms. The number of benzene rings is 2. The Kier molecular flexibility index (Phi) is 7.12. The second kappa shape index (κ2) is 9.77. The number of nitrogens with one attached hydrogen (secondary N) is 1. The lowest BCUT2D eigenvalue weighted by molar-refractivity contribution is -0.137. The number of piperazine rings is 1. The van der Waals surface area contributed by atoms with Crippen molar-refractivity contribution >= 4 is 29.2 Å². The number of rotatable bonds is 6. The van der Waals surface area contributed by atoms with Crippen LogP contribution < -0.4 is 15.8 Å². The van der Waals surface area contributed by atoms with Gasteiger partial charge in [0.25, 0.3) is 5.91 Å². The molecule has 3 rings (SSSR count). The van der Waals surface area contributed by atoms with Crippen LogP contribution in [-0.2, 0) is 11.3 Å². The quantitative estimate of drug-likeness (QED) is 0.731. The van der Waals surface area contributed by atoms with Gasteiger partial charge in [-0.25, -0.2) is 9.18 Å². The summed E-state index contributed by atoms with van der Waals surface area (Å²) in [4.78, 5) is 27.8. The Labute approximate surface area is 179 Å². The summed E-state index contributed by atoms with van der Waals surface area (Å²) in [7, 11) is 0. The molecule has 1 aliphatic heterocycles. The van der Waals surface area contributed by atoms with Crippen molar-refractivity contribution in [1.29, 1.82) is 0 Å². The highest BCUT2D eigenvalue weighted by molar-refractivity contribution is 6.31. The fraction of sp³-hybridized carbons (Fsp3) is 0.333. The van der Waals surface area contributed by atoms with Gasteiger partial charge in [0.1, 0.15) is 11.6 Å². The fourth-order valence-electron chi connectivity index (χ4n) is 3.48. The zero-order valence-corrected chi connectivity index (χ0v) is 17.4. The minimum atomic E-state index is -0.751. The van der Waals surface area contributed by atoms with Crippen LogP contribution in [0.3, 0.4) is 0 Å². The smallest absolute Gasteiger partial charge is 0.316 e. The number of carbonyl (C=O) groups excluding carboxylic acids is 2. The molecule has 1 aliphatic rings. The summed E-state index contributed by atoms with van der Waals surface area (Å²) in [6.07, 6.45) is 0. The van der Waals surface area contributed by atoms with Crippen molar-refractivity contribution in [3.8, 4) is 5.75 Å². The Hall–Kier alpha value is -2.84. The average molecular weight is 435 g/mol. The number of primary amides is 1. The molecular formula is C21H24ClFN4O3. The first kappa shape index (κ1) is 21.9. The van der Waals surface area contributed by atoms with E-state index in [1.54, 1.807) is 29.2 Å². The molecule has 160 valence electrons. The molecule has 0 aromatic heterocycles. The van der Waals surface area contributed by atoms with E-state index in [1.165, 1.54) is 18.2 Å². The van der Waals surface area contributed by atoms with Crippen molar-refractivity contribution in [3.63, 3.8) is 0 Å². The number of ether oxygens (including phenoxy) is 1. The molecule has 3 N–H and O–H groups in total. The summed E-state index contributed by atoms with van der Waals surface area (Å²) >= 11 is 5.94. The van der Waals surface area contributed by atoms with Crippen LogP contribution in [0.25, 0.3) is 0 Å². The highest BCUT2D eigenvalue weighted by Crippen LogP contribution is 2.28. The first-order valence-corrected chi connectivity index (χ1v) is 9.94. The molecule has 0 spiro atoms. The highest BCUT2D eigenvalue weighted by atomic mass is 35.5. The monoisotopic (exact) mass is 434 g/mol. The van der Waals surface area contributed by atoms with Crippen LogP contribution in [0.4, 0.5) is 14.9 Å². The lowest BCUT2D eigenvalue weighted by atomic mass is 10.1. The Morgan fingerprint density at radius 1 is 1.23 bits per heavy atom. The average Bonchev–Trinajstić information content (AvgIpc) is 2.68. The number of hydrogen-bond donors (Lipinski definition) is 2. The van der Waals surface area contributed by atoms with Crippen LogP contribution in [0.5, 0.6) is 5.75 Å². The van der Waals surface area contributed by atoms with Crippen LogP contribution in [0.15, 0.2) is 42.5 Å². The molecule has 0 bridgehead atoms. The van der Waals surface area contributed by atoms with Gasteiger partial charge in [-0.1, -0.05) is 23.7 Å². The van der Waals surface area contributed by atoms with E-state index in [4.69, 9.17) is 22.1 Å². The van der Waals surface area contributed by atoms with Gasteiger partial charge in [-0.2, -0.15) is 0 Å². The van der Waals surface area contributed by atoms with E-state index >= 15 is 0 Å². The van der Waals surface area contributed by atoms with Crippen molar-refractivity contribution in [2.45, 2.75) is 19.5 Å². The number of carbonyl (C=O) groups is 2. The zero-order chi connectivity index (χ0) is 21.7. The SMILES string of the molecule is C[C@H]1CN(Cc2ccc(F)cc2)CCN1C(=O)COc1ccc(Cl)cc1NC(N)=O. The third-order valence-corrected chi connectivity index (χ3v) is 5.14. The summed E-state index contributed by atoms with van der Waals surface area (Å²) in [5.41, 5.74) is 6.50. The minimum Gasteiger partial charge on any atom is -0.482 e. The van der Waals surface area contributed by atoms with E-state index in [1.807, 2.05) is 6.92 Å². The minimum absolute atomic E-state index is 0.00345. The zero-order valence-electron chi connectivity index (χ0n) is 16.6. The van der Waals surface area contributed by atoms with Gasteiger partial charge in [0.2, 0.25) is 0 Å². The maximum Gasteiger partial charge on any atom is 0.316 e. The molecule has 2 aromatic carbocycles. The Morgan fingerprint density at radius 3 is 2.63 bits per heavy atom. The normalized spacial score (nSPS) is 16.9. The largest absolute Gasteiger partial charge is 0.482 e. The van der Waals surface area contributed by atoms with Gasteiger partial charge >= 0.3 is 6.03 Å². The molecule has 1 heterocycles. The maximum atomic E-state index is 13.1. The third kappa shape index (κ3) is 5.84. The van der Waals surface area contributed by atoms with Crippen LogP contribution in [-0.4, -0.2) is 54.0 Å². The number of nitrogens with zero attached hydrogens (tertiary/aromatic N) is 2. The van der Waals surface area contributed by atoms with Crippen molar-refractivity contribution in [1.82, 2.24) is 9.80 Å². The van der Waals surface area contributed by atoms with Crippen molar-refractivity contribution < 1.29 is 18.7 Å². The van der Waals surface area contributed by atoms with Gasteiger partial charge < -0.3 is 20.7 Å². The van der Waals surface area contributed by atoms with E-state index in [2.05, 4.69) is 10.2 Å². The molecule has 7 nitrogen and oxygen atoms in total. The molecule has 1 saturated heterocycles. The third-order valence-electron chi connectivity index (χ3n) is 4.90. The predicted molar refractivity (Wildman–Crippen MR) is 113 cm³/mol. The van der Waals surface area contributed by atoms with Crippen LogP contribution >= 0.6 is 11.6 Å². The molecule has 0 aliphatic carbocycles. The molecule has 0 unspecified atom stereocenters. The van der Waals surface area contributed by atoms with E-state index in [-0.39, 0.29) is 24.4 Å². The fourth-order valence-corrected chi connectivity index (χ4v) is 3.65. The van der Waals surface area contributed by atoms with E-state index < -0.39 is 6.03 Å². The summed E-state index contributed by atoms with van der Waals surface area (Å²) in [5, 5.41) is 2.84. The van der Waals surface area contributed by atoms with Gasteiger partial charge in [0.05, 0.1) is 5.69 Å². The number of hydrogen-bond acceptors (Lipinski definition) is 4. The second-order valence-electron chi connectivity index (χ2n) is 7.22. The van der Waals surface area contributed by atoms with Crippen molar-refractivity contribution in [2.75, 3.05) is 31.6 Å². The standard InChI is InChI=1S/C21H24ClFN4O3/c1-14-11-26(12-15-2-5-17(23)6-3-15)8-9-27(14)20(28)13-30-19-7-4-16(22)10-18(19)25-21(24)29/h2-7,10,14H,8-9,11-13H2,1H3,(H3,24,25,29)/t14-/m0/s1. The van der Waals surface area contributed by atoms with Gasteiger partial charge in [-0.15, -0.1) is 0 Å². The van der Waals surface area contributed by atoms with Gasteiger partial charge in [-0.3, -0.25) is 9.69 Å². The lowest BCUT2D eigenvalue weighted by Crippen LogP contribution is -2.54. The first-order chi connectivity index (χ1) is 14.3. The van der Waals surface area contributed by atoms with Crippen LogP contribution in [0.2, 0.25) is 5.02 Å². The molecule has 1 atom stereocenters. The Morgan fingerprint density at radius 2 is 1.97 bits per heavy atom. The van der Waals surface area contributed by atoms with Gasteiger partial charge in [0, 0.05) is 37.2 Å². The Bertz CT molecular complexity index is 910. The number of urea groups is 1. The molecule has 0 radical (unpaired) electrons. The molecule has 1 fully saturated rings. The topological polar surface area (TPSA) is 87.9 Å². The van der Waals surface area contributed by atoms with Gasteiger partial charge in [0.15, 0.2) is 6.61 Å². The van der Waals surface area contributed by atoms with Crippen LogP contribution in [0.1, 0.15) is 12.5 Å². The predicted octanol–water partition coefficient (Wildman–Crippen LogP) is 3.08. The summed E-state index contributed by atoms with van der Waals surface area (Å²) < 4.78 is 18.7. The molecular weight excluding hydrogens is 411 g/mol. The molecule has 3 amide bonds. The number of nitrogens with two attached hydrogens (primary N) is 1. The summed E-state index contributed by atoms with van der Waals surface area (Å²) in [6.45, 7) is 4.50. The molecule has 2 aromatic rings. The number of anilines is 1. The second-order valence-corrected chi connectivity index (χ2v) is 7.65. The van der Waals surface area contributed by atoms with E-state index in [9.17, 15) is 14.0 Å². The van der Waals surface area contributed by atoms with Crippen molar-refractivity contribution in [2.24, 2.45) is 5.73 Å². The molecule has 0 saturated carbocycles. The van der Waals surface area contributed by atoms with Crippen molar-refractivity contribution in [3.05, 3.63) is 58.9 Å². The maximum absolute atomic E-state index is 13.1. The summed E-state index contributed by atoms with van der Waals surface area (Å²) in [6, 6.07) is 10.4. The first-order valence-electron chi connectivity index (χ1n) is 9.57. The van der Waals surface area contributed by atoms with E-state index in [0.717, 1.165) is 5.56 Å². The number of halogens is 2. The Balaban J connectivity index is 1.54. The highest BCUT2D eigenvalue weighted by Gasteiger charge is 2.27.